The number of hydrogen-bond acceptors (Lipinski definition) is 6. The number of hydrogen-bond donors (Lipinski definition) is 0. The molecule has 0 aliphatic heterocycles. The number of rotatable bonds is 3. The summed E-state index contributed by atoms with van der Waals surface area (Å²) in [6.07, 6.45) is 4.77. The van der Waals surface area contributed by atoms with Gasteiger partial charge in [0.25, 0.3) is 0 Å². The summed E-state index contributed by atoms with van der Waals surface area (Å²) >= 11 is 1.24. The molecule has 1 unspecified atom stereocenters. The lowest BCUT2D eigenvalue weighted by Crippen LogP contribution is -2.08. The van der Waals surface area contributed by atoms with E-state index in [-0.39, 0.29) is 5.97 Å². The van der Waals surface area contributed by atoms with Crippen molar-refractivity contribution in [2.24, 2.45) is 0 Å². The van der Waals surface area contributed by atoms with Gasteiger partial charge in [-0.1, -0.05) is 5.16 Å². The number of carbonyl (C=O) groups excluding carboxylic acids is 1. The Morgan fingerprint density at radius 1 is 1.55 bits per heavy atom. The van der Waals surface area contributed by atoms with Crippen LogP contribution < -0.4 is 0 Å². The van der Waals surface area contributed by atoms with Crippen molar-refractivity contribution in [2.75, 3.05) is 12.9 Å². The molecular formula is C13H13NO4S2. The summed E-state index contributed by atoms with van der Waals surface area (Å²) in [5.41, 5.74) is 2.65. The predicted octanol–water partition coefficient (Wildman–Crippen LogP) is 2.42. The first-order valence-electron chi connectivity index (χ1n) is 6.23. The van der Waals surface area contributed by atoms with Crippen molar-refractivity contribution < 1.29 is 18.3 Å². The number of nitrogens with zero attached hydrogens (tertiary/aromatic N) is 1. The lowest BCUT2D eigenvalue weighted by atomic mass is 9.93. The van der Waals surface area contributed by atoms with Crippen LogP contribution in [0.1, 0.15) is 27.7 Å². The van der Waals surface area contributed by atoms with E-state index in [2.05, 4.69) is 5.16 Å². The fraction of sp³-hybridized carbons (Fsp3) is 0.385. The van der Waals surface area contributed by atoms with Gasteiger partial charge >= 0.3 is 5.97 Å². The van der Waals surface area contributed by atoms with Crippen LogP contribution >= 0.6 is 11.3 Å². The van der Waals surface area contributed by atoms with Crippen molar-refractivity contribution in [3.8, 4) is 11.3 Å². The molecule has 0 bridgehead atoms. The summed E-state index contributed by atoms with van der Waals surface area (Å²) in [4.78, 5) is 12.6. The number of ether oxygens (including phenoxy) is 1. The van der Waals surface area contributed by atoms with Gasteiger partial charge in [-0.15, -0.1) is 11.3 Å². The van der Waals surface area contributed by atoms with Gasteiger partial charge < -0.3 is 9.26 Å². The smallest absolute Gasteiger partial charge is 0.348 e. The number of thiophene rings is 1. The second kappa shape index (κ2) is 5.14. The Bertz CT molecular complexity index is 701. The number of carbonyl (C=O) groups is 1. The zero-order valence-corrected chi connectivity index (χ0v) is 12.7. The van der Waals surface area contributed by atoms with Crippen LogP contribution in [0.2, 0.25) is 0 Å². The number of fused-ring (bicyclic) bond motifs is 3. The fourth-order valence-corrected chi connectivity index (χ4v) is 4.57. The quantitative estimate of drug-likeness (QED) is 0.814. The predicted molar refractivity (Wildman–Crippen MR) is 75.5 cm³/mol. The molecule has 7 heteroatoms. The van der Waals surface area contributed by atoms with Crippen LogP contribution in [0.3, 0.4) is 0 Å². The normalized spacial score (nSPS) is 14.5. The number of aromatic nitrogens is 1. The van der Waals surface area contributed by atoms with E-state index in [0.717, 1.165) is 23.1 Å². The van der Waals surface area contributed by atoms with Gasteiger partial charge in [-0.25, -0.2) is 4.79 Å². The van der Waals surface area contributed by atoms with Crippen LogP contribution in [0.25, 0.3) is 11.3 Å². The minimum absolute atomic E-state index is 0.323. The summed E-state index contributed by atoms with van der Waals surface area (Å²) in [5, 5.41) is 3.81. The van der Waals surface area contributed by atoms with Crippen LogP contribution in [0.15, 0.2) is 14.9 Å². The summed E-state index contributed by atoms with van der Waals surface area (Å²) in [7, 11) is -1.19. The van der Waals surface area contributed by atoms with Crippen molar-refractivity contribution in [2.45, 2.75) is 24.0 Å². The van der Waals surface area contributed by atoms with Gasteiger partial charge in [0.15, 0.2) is 5.76 Å². The molecule has 0 saturated heterocycles. The van der Waals surface area contributed by atoms with Crippen molar-refractivity contribution in [1.29, 1.82) is 0 Å². The Kier molecular flexibility index (Phi) is 3.47. The van der Waals surface area contributed by atoms with E-state index in [4.69, 9.17) is 9.26 Å². The first-order chi connectivity index (χ1) is 9.63. The fourth-order valence-electron chi connectivity index (χ4n) is 2.38. The summed E-state index contributed by atoms with van der Waals surface area (Å²) in [6.45, 7) is 2.09. The highest BCUT2D eigenvalue weighted by molar-refractivity contribution is 7.86. The molecule has 0 aromatic carbocycles. The third-order valence-corrected chi connectivity index (χ3v) is 5.90. The van der Waals surface area contributed by atoms with Crippen molar-refractivity contribution in [3.63, 3.8) is 0 Å². The van der Waals surface area contributed by atoms with Gasteiger partial charge in [0.05, 0.1) is 29.2 Å². The molecule has 2 aromatic rings. The molecular weight excluding hydrogens is 298 g/mol. The van der Waals surface area contributed by atoms with Gasteiger partial charge in [0.1, 0.15) is 9.09 Å². The van der Waals surface area contributed by atoms with Gasteiger partial charge in [-0.3, -0.25) is 4.21 Å². The lowest BCUT2D eigenvalue weighted by molar-refractivity contribution is 0.0531. The van der Waals surface area contributed by atoms with Crippen LogP contribution in [-0.2, 0) is 28.4 Å². The Balaban J connectivity index is 2.21. The highest BCUT2D eigenvalue weighted by atomic mass is 32.2. The molecule has 0 spiro atoms. The molecule has 5 nitrogen and oxygen atoms in total. The zero-order chi connectivity index (χ0) is 14.3. The third kappa shape index (κ3) is 2.01. The van der Waals surface area contributed by atoms with Gasteiger partial charge in [0, 0.05) is 11.8 Å². The van der Waals surface area contributed by atoms with E-state index in [0.29, 0.717) is 27.9 Å². The Labute approximate surface area is 122 Å². The molecule has 0 saturated carbocycles. The molecule has 1 aliphatic carbocycles. The van der Waals surface area contributed by atoms with E-state index in [1.165, 1.54) is 11.3 Å². The van der Waals surface area contributed by atoms with Crippen LogP contribution in [-0.4, -0.2) is 28.2 Å². The average molecular weight is 311 g/mol. The maximum Gasteiger partial charge on any atom is 0.348 e. The van der Waals surface area contributed by atoms with E-state index >= 15 is 0 Å². The van der Waals surface area contributed by atoms with Crippen molar-refractivity contribution >= 4 is 28.1 Å². The Morgan fingerprint density at radius 2 is 2.35 bits per heavy atom. The molecule has 0 radical (unpaired) electrons. The number of esters is 1. The molecule has 0 fully saturated rings. The summed E-state index contributed by atoms with van der Waals surface area (Å²) in [5.74, 6) is 0.289. The first-order valence-corrected chi connectivity index (χ1v) is 8.61. The van der Waals surface area contributed by atoms with E-state index in [9.17, 15) is 9.00 Å². The molecule has 1 atom stereocenters. The largest absolute Gasteiger partial charge is 0.462 e. The molecule has 1 aliphatic rings. The summed E-state index contributed by atoms with van der Waals surface area (Å²) < 4.78 is 23.0. The monoisotopic (exact) mass is 311 g/mol. The van der Waals surface area contributed by atoms with Crippen LogP contribution in [0.4, 0.5) is 0 Å². The molecule has 2 heterocycles. The van der Waals surface area contributed by atoms with Crippen molar-refractivity contribution in [3.05, 3.63) is 22.2 Å². The minimum atomic E-state index is -1.19. The SMILES string of the molecule is CCOC(=O)c1sc(S(C)=O)c2c1CCc1cnoc1-2. The molecule has 0 amide bonds. The Morgan fingerprint density at radius 3 is 3.05 bits per heavy atom. The van der Waals surface area contributed by atoms with Crippen LogP contribution in [0.5, 0.6) is 0 Å². The topological polar surface area (TPSA) is 69.4 Å². The first kappa shape index (κ1) is 13.5. The van der Waals surface area contributed by atoms with Gasteiger partial charge in [-0.2, -0.15) is 0 Å². The highest BCUT2D eigenvalue weighted by Gasteiger charge is 2.32. The van der Waals surface area contributed by atoms with E-state index in [1.807, 2.05) is 0 Å². The molecule has 106 valence electrons. The highest BCUT2D eigenvalue weighted by Crippen LogP contribution is 2.44. The molecule has 2 aromatic heterocycles. The summed E-state index contributed by atoms with van der Waals surface area (Å²) in [6, 6.07) is 0. The average Bonchev–Trinajstić information content (AvgIpc) is 3.02. The molecule has 3 rings (SSSR count). The molecule has 20 heavy (non-hydrogen) atoms. The molecule has 0 N–H and O–H groups in total. The van der Waals surface area contributed by atoms with E-state index < -0.39 is 10.8 Å². The maximum atomic E-state index is 12.0. The van der Waals surface area contributed by atoms with E-state index in [1.54, 1.807) is 19.4 Å². The van der Waals surface area contributed by atoms with Crippen LogP contribution in [0, 0.1) is 0 Å². The maximum absolute atomic E-state index is 12.0. The van der Waals surface area contributed by atoms with Gasteiger partial charge in [0.2, 0.25) is 0 Å². The van der Waals surface area contributed by atoms with Crippen molar-refractivity contribution in [1.82, 2.24) is 5.16 Å². The third-order valence-electron chi connectivity index (χ3n) is 3.21. The Hall–Kier alpha value is -1.47. The number of aryl methyl sites for hydroxylation is 1. The zero-order valence-electron chi connectivity index (χ0n) is 11.1. The lowest BCUT2D eigenvalue weighted by Gasteiger charge is -2.12. The standard InChI is InChI=1S/C13H13NO4S2/c1-3-17-12(15)11-8-5-4-7-6-14-18-10(7)9(8)13(19-11)20(2)16/h6H,3-5H2,1-2H3. The van der Waals surface area contributed by atoms with Gasteiger partial charge in [-0.05, 0) is 25.3 Å². The second-order valence-electron chi connectivity index (χ2n) is 4.43. The minimum Gasteiger partial charge on any atom is -0.462 e. The second-order valence-corrected chi connectivity index (χ2v) is 7.02.